The number of aryl methyl sites for hydroxylation is 1. The van der Waals surface area contributed by atoms with E-state index >= 15 is 0 Å². The minimum atomic E-state index is -0.494. The van der Waals surface area contributed by atoms with E-state index in [9.17, 15) is 9.18 Å². The van der Waals surface area contributed by atoms with Gasteiger partial charge in [-0.3, -0.25) is 0 Å². The average molecular weight is 405 g/mol. The van der Waals surface area contributed by atoms with Gasteiger partial charge in [0.15, 0.2) is 17.2 Å². The fraction of sp³-hybridized carbons (Fsp3) is 0.227. The fourth-order valence-corrected chi connectivity index (χ4v) is 3.23. The van der Waals surface area contributed by atoms with Gasteiger partial charge in [0, 0.05) is 23.5 Å². The van der Waals surface area contributed by atoms with E-state index < -0.39 is 5.97 Å². The van der Waals surface area contributed by atoms with Gasteiger partial charge in [0.25, 0.3) is 0 Å². The molecule has 0 radical (unpaired) electrons. The predicted molar refractivity (Wildman–Crippen MR) is 109 cm³/mol. The standard InChI is InChI=1S/C22H20FN5O2/c1-3-14-12-25-20(26-18(14)22(29)30-4-2)19-16-9-7-11-24-21(16)28(27-19)13-15-8-5-6-10-17(15)23/h5-12H,3-4,13H2,1-2H3. The first-order valence-electron chi connectivity index (χ1n) is 9.70. The number of ether oxygens (including phenoxy) is 1. The van der Waals surface area contributed by atoms with Crippen LogP contribution in [0, 0.1) is 5.82 Å². The monoisotopic (exact) mass is 405 g/mol. The summed E-state index contributed by atoms with van der Waals surface area (Å²) < 4.78 is 20.9. The van der Waals surface area contributed by atoms with Crippen molar-refractivity contribution in [2.75, 3.05) is 6.61 Å². The maximum Gasteiger partial charge on any atom is 0.357 e. The number of fused-ring (bicyclic) bond motifs is 1. The molecule has 30 heavy (non-hydrogen) atoms. The summed E-state index contributed by atoms with van der Waals surface area (Å²) in [5.41, 5.74) is 2.48. The molecule has 4 aromatic rings. The lowest BCUT2D eigenvalue weighted by Crippen LogP contribution is -2.12. The summed E-state index contributed by atoms with van der Waals surface area (Å²) in [7, 11) is 0. The van der Waals surface area contributed by atoms with Crippen LogP contribution in [0.3, 0.4) is 0 Å². The number of hydrogen-bond donors (Lipinski definition) is 0. The van der Waals surface area contributed by atoms with Gasteiger partial charge in [0.1, 0.15) is 11.5 Å². The molecule has 0 unspecified atom stereocenters. The van der Waals surface area contributed by atoms with Crippen molar-refractivity contribution >= 4 is 17.0 Å². The third kappa shape index (κ3) is 3.63. The van der Waals surface area contributed by atoms with Gasteiger partial charge < -0.3 is 4.74 Å². The molecular weight excluding hydrogens is 385 g/mol. The number of pyridine rings is 1. The van der Waals surface area contributed by atoms with Gasteiger partial charge in [-0.05, 0) is 31.5 Å². The molecule has 3 aromatic heterocycles. The second kappa shape index (κ2) is 8.36. The molecule has 152 valence electrons. The second-order valence-electron chi connectivity index (χ2n) is 6.61. The summed E-state index contributed by atoms with van der Waals surface area (Å²) in [4.78, 5) is 25.6. The maximum atomic E-state index is 14.2. The second-order valence-corrected chi connectivity index (χ2v) is 6.61. The smallest absolute Gasteiger partial charge is 0.357 e. The first-order chi connectivity index (χ1) is 14.6. The number of rotatable bonds is 6. The van der Waals surface area contributed by atoms with Crippen molar-refractivity contribution in [1.29, 1.82) is 0 Å². The molecule has 0 aliphatic heterocycles. The van der Waals surface area contributed by atoms with Crippen LogP contribution in [0.1, 0.15) is 35.5 Å². The Hall–Kier alpha value is -3.68. The molecule has 0 aliphatic rings. The molecule has 4 rings (SSSR count). The molecule has 0 saturated heterocycles. The third-order valence-electron chi connectivity index (χ3n) is 4.71. The Morgan fingerprint density at radius 2 is 1.93 bits per heavy atom. The summed E-state index contributed by atoms with van der Waals surface area (Å²) in [6, 6.07) is 10.2. The number of halogens is 1. The molecule has 0 bridgehead atoms. The lowest BCUT2D eigenvalue weighted by atomic mass is 10.1. The van der Waals surface area contributed by atoms with E-state index in [0.717, 1.165) is 0 Å². The van der Waals surface area contributed by atoms with E-state index in [1.54, 1.807) is 48.3 Å². The molecule has 0 saturated carbocycles. The van der Waals surface area contributed by atoms with Crippen LogP contribution in [0.2, 0.25) is 0 Å². The zero-order valence-corrected chi connectivity index (χ0v) is 16.7. The fourth-order valence-electron chi connectivity index (χ4n) is 3.23. The Morgan fingerprint density at radius 3 is 2.70 bits per heavy atom. The van der Waals surface area contributed by atoms with E-state index in [1.165, 1.54) is 6.07 Å². The van der Waals surface area contributed by atoms with E-state index in [0.29, 0.717) is 40.1 Å². The highest BCUT2D eigenvalue weighted by Gasteiger charge is 2.20. The molecule has 8 heteroatoms. The van der Waals surface area contributed by atoms with Gasteiger partial charge in [0.2, 0.25) is 0 Å². The zero-order chi connectivity index (χ0) is 21.1. The highest BCUT2D eigenvalue weighted by Crippen LogP contribution is 2.26. The maximum absolute atomic E-state index is 14.2. The molecule has 0 amide bonds. The van der Waals surface area contributed by atoms with Crippen molar-refractivity contribution in [2.45, 2.75) is 26.8 Å². The van der Waals surface area contributed by atoms with Crippen LogP contribution in [0.25, 0.3) is 22.6 Å². The molecule has 0 aliphatic carbocycles. The summed E-state index contributed by atoms with van der Waals surface area (Å²) in [6.45, 7) is 4.13. The number of carbonyl (C=O) groups is 1. The molecule has 7 nitrogen and oxygen atoms in total. The Morgan fingerprint density at radius 1 is 1.10 bits per heavy atom. The Bertz CT molecular complexity index is 1220. The van der Waals surface area contributed by atoms with E-state index in [2.05, 4.69) is 20.1 Å². The van der Waals surface area contributed by atoms with Gasteiger partial charge >= 0.3 is 5.97 Å². The number of aromatic nitrogens is 5. The highest BCUT2D eigenvalue weighted by molar-refractivity contribution is 5.92. The van der Waals surface area contributed by atoms with Crippen LogP contribution in [-0.2, 0) is 17.7 Å². The molecule has 3 heterocycles. The van der Waals surface area contributed by atoms with E-state index in [4.69, 9.17) is 4.74 Å². The normalized spacial score (nSPS) is 11.0. The van der Waals surface area contributed by atoms with Crippen molar-refractivity contribution in [3.63, 3.8) is 0 Å². The minimum Gasteiger partial charge on any atom is -0.461 e. The van der Waals surface area contributed by atoms with Gasteiger partial charge in [0.05, 0.1) is 18.5 Å². The van der Waals surface area contributed by atoms with E-state index in [-0.39, 0.29) is 24.7 Å². The topological polar surface area (TPSA) is 82.8 Å². The van der Waals surface area contributed by atoms with Crippen molar-refractivity contribution in [3.8, 4) is 11.5 Å². The van der Waals surface area contributed by atoms with Crippen LogP contribution in [-0.4, -0.2) is 37.3 Å². The van der Waals surface area contributed by atoms with Crippen LogP contribution in [0.15, 0.2) is 48.8 Å². The Balaban J connectivity index is 1.83. The Kier molecular flexibility index (Phi) is 5.47. The van der Waals surface area contributed by atoms with Crippen LogP contribution in [0.5, 0.6) is 0 Å². The van der Waals surface area contributed by atoms with Crippen molar-refractivity contribution in [3.05, 3.63) is 71.4 Å². The molecule has 0 fully saturated rings. The average Bonchev–Trinajstić information content (AvgIpc) is 3.13. The molecule has 1 aromatic carbocycles. The molecule has 0 atom stereocenters. The quantitative estimate of drug-likeness (QED) is 0.454. The Labute approximate surface area is 172 Å². The molecule has 0 spiro atoms. The summed E-state index contributed by atoms with van der Waals surface area (Å²) in [5.74, 6) is -0.515. The summed E-state index contributed by atoms with van der Waals surface area (Å²) in [5, 5.41) is 5.32. The lowest BCUT2D eigenvalue weighted by Gasteiger charge is -2.07. The molecular formula is C22H20FN5O2. The highest BCUT2D eigenvalue weighted by atomic mass is 19.1. The number of esters is 1. The third-order valence-corrected chi connectivity index (χ3v) is 4.71. The van der Waals surface area contributed by atoms with Gasteiger partial charge in [-0.25, -0.2) is 28.8 Å². The number of hydrogen-bond acceptors (Lipinski definition) is 6. The first kappa shape index (κ1) is 19.6. The van der Waals surface area contributed by atoms with E-state index in [1.807, 2.05) is 13.0 Å². The molecule has 0 N–H and O–H groups in total. The number of benzene rings is 1. The SMILES string of the molecule is CCOC(=O)c1nc(-c2nn(Cc3ccccc3F)c3ncccc23)ncc1CC. The van der Waals surface area contributed by atoms with Crippen LogP contribution >= 0.6 is 0 Å². The minimum absolute atomic E-state index is 0.206. The van der Waals surface area contributed by atoms with Crippen molar-refractivity contribution in [1.82, 2.24) is 24.7 Å². The van der Waals surface area contributed by atoms with Gasteiger partial charge in [-0.1, -0.05) is 25.1 Å². The number of nitrogens with zero attached hydrogens (tertiary/aromatic N) is 5. The number of carbonyl (C=O) groups excluding carboxylic acids is 1. The predicted octanol–water partition coefficient (Wildman–Crippen LogP) is 3.81. The van der Waals surface area contributed by atoms with Crippen molar-refractivity contribution in [2.24, 2.45) is 0 Å². The largest absolute Gasteiger partial charge is 0.461 e. The van der Waals surface area contributed by atoms with Crippen molar-refractivity contribution < 1.29 is 13.9 Å². The van der Waals surface area contributed by atoms with Gasteiger partial charge in [-0.2, -0.15) is 5.10 Å². The first-order valence-corrected chi connectivity index (χ1v) is 9.70. The van der Waals surface area contributed by atoms with Crippen LogP contribution in [0.4, 0.5) is 4.39 Å². The summed E-state index contributed by atoms with van der Waals surface area (Å²) in [6.07, 6.45) is 3.86. The summed E-state index contributed by atoms with van der Waals surface area (Å²) >= 11 is 0. The lowest BCUT2D eigenvalue weighted by molar-refractivity contribution is 0.0518. The van der Waals surface area contributed by atoms with Gasteiger partial charge in [-0.15, -0.1) is 0 Å². The zero-order valence-electron chi connectivity index (χ0n) is 16.7. The van der Waals surface area contributed by atoms with Crippen LogP contribution < -0.4 is 0 Å².